The molecule has 0 radical (unpaired) electrons. The molecule has 11 nitrogen and oxygen atoms in total. The first-order valence-electron chi connectivity index (χ1n) is 14.7. The Labute approximate surface area is 270 Å². The highest BCUT2D eigenvalue weighted by atomic mass is 35.5. The zero-order chi connectivity index (χ0) is 31.8. The number of methoxy groups -OCH3 is 2. The van der Waals surface area contributed by atoms with Crippen molar-refractivity contribution in [2.75, 3.05) is 37.5 Å². The number of aliphatic hydroxyl groups excluding tert-OH is 1. The van der Waals surface area contributed by atoms with Crippen LogP contribution in [0.15, 0.2) is 54.0 Å². The fourth-order valence-corrected chi connectivity index (χ4v) is 6.63. The molecule has 1 aliphatic heterocycles. The van der Waals surface area contributed by atoms with E-state index in [0.29, 0.717) is 53.1 Å². The molecule has 13 heteroatoms. The van der Waals surface area contributed by atoms with Crippen LogP contribution in [0, 0.1) is 0 Å². The minimum Gasteiger partial charge on any atom is -0.495 e. The average molecular weight is 653 g/mol. The number of fused-ring (bicyclic) bond motifs is 1. The first-order valence-corrected chi connectivity index (χ1v) is 15.5. The van der Waals surface area contributed by atoms with Gasteiger partial charge >= 0.3 is 0 Å². The maximum absolute atomic E-state index is 13.7. The van der Waals surface area contributed by atoms with Gasteiger partial charge in [-0.1, -0.05) is 42.3 Å². The highest BCUT2D eigenvalue weighted by Gasteiger charge is 2.35. The lowest BCUT2D eigenvalue weighted by Crippen LogP contribution is -2.47. The second-order valence-corrected chi connectivity index (χ2v) is 12.1. The number of rotatable bonds is 10. The third kappa shape index (κ3) is 5.93. The third-order valence-electron chi connectivity index (χ3n) is 8.64. The molecule has 0 amide bonds. The SMILES string of the molecule is C=CC(O)NC1CN(c2cccc(C3CCC3)n2)CC1Nc1ncc2cc(-c3c(Cl)c(OC)cc(OC)c3Cl)c(=O)n(C)c2n1. The number of aryl methyl sites for hydroxylation is 1. The van der Waals surface area contributed by atoms with Crippen molar-refractivity contribution in [2.45, 2.75) is 43.5 Å². The summed E-state index contributed by atoms with van der Waals surface area (Å²) in [7, 11) is 4.58. The predicted molar refractivity (Wildman–Crippen MR) is 177 cm³/mol. The Morgan fingerprint density at radius 2 is 1.80 bits per heavy atom. The molecular weight excluding hydrogens is 617 g/mol. The van der Waals surface area contributed by atoms with Crippen LogP contribution in [0.2, 0.25) is 10.0 Å². The molecule has 6 rings (SSSR count). The summed E-state index contributed by atoms with van der Waals surface area (Å²) in [5.74, 6) is 2.41. The molecule has 3 atom stereocenters. The lowest BCUT2D eigenvalue weighted by Gasteiger charge is -2.26. The van der Waals surface area contributed by atoms with Crippen molar-refractivity contribution in [1.29, 1.82) is 0 Å². The van der Waals surface area contributed by atoms with Crippen LogP contribution >= 0.6 is 23.2 Å². The summed E-state index contributed by atoms with van der Waals surface area (Å²) < 4.78 is 12.2. The highest BCUT2D eigenvalue weighted by molar-refractivity contribution is 6.41. The fourth-order valence-electron chi connectivity index (χ4n) is 5.92. The van der Waals surface area contributed by atoms with Gasteiger partial charge < -0.3 is 24.8 Å². The Hall–Kier alpha value is -3.90. The van der Waals surface area contributed by atoms with Gasteiger partial charge in [0.1, 0.15) is 29.2 Å². The van der Waals surface area contributed by atoms with Crippen LogP contribution in [-0.2, 0) is 7.05 Å². The molecule has 45 heavy (non-hydrogen) atoms. The number of benzene rings is 1. The Kier molecular flexibility index (Phi) is 8.87. The van der Waals surface area contributed by atoms with Crippen molar-refractivity contribution in [2.24, 2.45) is 7.05 Å². The fraction of sp³-hybridized carbons (Fsp3) is 0.375. The first-order chi connectivity index (χ1) is 21.7. The quantitative estimate of drug-likeness (QED) is 0.163. The maximum atomic E-state index is 13.7. The van der Waals surface area contributed by atoms with Crippen molar-refractivity contribution in [3.63, 3.8) is 0 Å². The van der Waals surface area contributed by atoms with Gasteiger partial charge in [-0.3, -0.25) is 14.7 Å². The van der Waals surface area contributed by atoms with Gasteiger partial charge in [0, 0.05) is 61.0 Å². The minimum atomic E-state index is -0.890. The molecule has 236 valence electrons. The highest BCUT2D eigenvalue weighted by Crippen LogP contribution is 2.45. The largest absolute Gasteiger partial charge is 0.495 e. The summed E-state index contributed by atoms with van der Waals surface area (Å²) in [5, 5.41) is 18.0. The van der Waals surface area contributed by atoms with Crippen molar-refractivity contribution in [3.8, 4) is 22.6 Å². The zero-order valence-corrected chi connectivity index (χ0v) is 26.8. The van der Waals surface area contributed by atoms with Gasteiger partial charge in [0.2, 0.25) is 5.95 Å². The molecule has 2 aliphatic rings. The second kappa shape index (κ2) is 12.8. The van der Waals surface area contributed by atoms with Crippen LogP contribution in [-0.4, -0.2) is 70.2 Å². The van der Waals surface area contributed by atoms with Crippen LogP contribution in [0.3, 0.4) is 0 Å². The van der Waals surface area contributed by atoms with E-state index in [-0.39, 0.29) is 33.3 Å². The summed E-state index contributed by atoms with van der Waals surface area (Å²) >= 11 is 13.3. The van der Waals surface area contributed by atoms with E-state index in [4.69, 9.17) is 42.6 Å². The van der Waals surface area contributed by atoms with Gasteiger partial charge in [-0.2, -0.15) is 4.98 Å². The summed E-state index contributed by atoms with van der Waals surface area (Å²) in [5.41, 5.74) is 1.74. The van der Waals surface area contributed by atoms with Crippen LogP contribution in [0.4, 0.5) is 11.8 Å². The van der Waals surface area contributed by atoms with Crippen molar-refractivity contribution in [3.05, 3.63) is 75.3 Å². The lowest BCUT2D eigenvalue weighted by atomic mass is 9.83. The molecule has 1 saturated carbocycles. The third-order valence-corrected chi connectivity index (χ3v) is 9.39. The number of aromatic nitrogens is 4. The van der Waals surface area contributed by atoms with Crippen LogP contribution in [0.1, 0.15) is 30.9 Å². The van der Waals surface area contributed by atoms with Crippen molar-refractivity contribution < 1.29 is 14.6 Å². The van der Waals surface area contributed by atoms with E-state index in [0.717, 1.165) is 11.5 Å². The van der Waals surface area contributed by atoms with E-state index in [2.05, 4.69) is 39.2 Å². The molecule has 4 heterocycles. The standard InChI is InChI=1S/C32H35Cl2N7O4/c1-5-26(42)37-21-15-41(25-11-7-10-20(36-25)17-8-6-9-17)16-22(21)38-32-35-14-18-12-19(31(43)40(2)30(18)39-32)27-28(33)23(44-3)13-24(45-4)29(27)34/h5,7,10-14,17,21-22,26,37,42H,1,6,8-9,15-16H2,2-4H3,(H,35,38,39). The average Bonchev–Trinajstić information content (AvgIpc) is 3.41. The normalized spacial score (nSPS) is 18.9. The van der Waals surface area contributed by atoms with E-state index >= 15 is 0 Å². The summed E-state index contributed by atoms with van der Waals surface area (Å²) in [6.45, 7) is 4.90. The minimum absolute atomic E-state index is 0.176. The number of halogens is 2. The smallest absolute Gasteiger partial charge is 0.259 e. The molecule has 3 aromatic heterocycles. The van der Waals surface area contributed by atoms with Crippen molar-refractivity contribution in [1.82, 2.24) is 24.8 Å². The number of anilines is 2. The van der Waals surface area contributed by atoms with E-state index in [9.17, 15) is 9.90 Å². The molecule has 1 saturated heterocycles. The molecule has 0 spiro atoms. The van der Waals surface area contributed by atoms with Gasteiger partial charge in [-0.15, -0.1) is 0 Å². The zero-order valence-electron chi connectivity index (χ0n) is 25.3. The van der Waals surface area contributed by atoms with E-state index < -0.39 is 6.23 Å². The first kappa shape index (κ1) is 31.1. The van der Waals surface area contributed by atoms with Crippen LogP contribution in [0.5, 0.6) is 11.5 Å². The predicted octanol–water partition coefficient (Wildman–Crippen LogP) is 4.75. The summed E-state index contributed by atoms with van der Waals surface area (Å²) in [6, 6.07) is 9.04. The Morgan fingerprint density at radius 1 is 1.09 bits per heavy atom. The maximum Gasteiger partial charge on any atom is 0.259 e. The lowest BCUT2D eigenvalue weighted by molar-refractivity contribution is 0.169. The molecule has 4 aromatic rings. The van der Waals surface area contributed by atoms with Gasteiger partial charge in [0.15, 0.2) is 0 Å². The molecule has 3 unspecified atom stereocenters. The molecule has 0 bridgehead atoms. The molecular formula is C32H35Cl2N7O4. The Balaban J connectivity index is 1.32. The number of hydrogen-bond donors (Lipinski definition) is 3. The second-order valence-electron chi connectivity index (χ2n) is 11.3. The molecule has 1 aromatic carbocycles. The number of nitrogens with one attached hydrogen (secondary N) is 2. The Bertz CT molecular complexity index is 1780. The topological polar surface area (TPSA) is 127 Å². The number of pyridine rings is 2. The molecule has 2 fully saturated rings. The number of aliphatic hydroxyl groups is 1. The van der Waals surface area contributed by atoms with E-state index in [1.807, 2.05) is 6.07 Å². The van der Waals surface area contributed by atoms with Crippen LogP contribution < -0.4 is 30.6 Å². The van der Waals surface area contributed by atoms with E-state index in [1.54, 1.807) is 25.4 Å². The summed E-state index contributed by atoms with van der Waals surface area (Å²) in [4.78, 5) is 30.1. The summed E-state index contributed by atoms with van der Waals surface area (Å²) in [6.07, 6.45) is 5.80. The van der Waals surface area contributed by atoms with Crippen LogP contribution in [0.25, 0.3) is 22.2 Å². The Morgan fingerprint density at radius 3 is 2.44 bits per heavy atom. The van der Waals surface area contributed by atoms with Gasteiger partial charge in [-0.05, 0) is 37.1 Å². The van der Waals surface area contributed by atoms with Gasteiger partial charge in [-0.25, -0.2) is 9.97 Å². The van der Waals surface area contributed by atoms with E-state index in [1.165, 1.54) is 44.1 Å². The van der Waals surface area contributed by atoms with Gasteiger partial charge in [0.05, 0.1) is 35.9 Å². The number of nitrogens with zero attached hydrogens (tertiary/aromatic N) is 5. The monoisotopic (exact) mass is 651 g/mol. The van der Waals surface area contributed by atoms with Gasteiger partial charge in [0.25, 0.3) is 5.56 Å². The molecule has 1 aliphatic carbocycles. The molecule has 3 N–H and O–H groups in total. The number of ether oxygens (including phenoxy) is 2. The number of hydrogen-bond acceptors (Lipinski definition) is 10. The van der Waals surface area contributed by atoms with Crippen molar-refractivity contribution >= 4 is 46.0 Å².